The van der Waals surface area contributed by atoms with Crippen LogP contribution in [0.3, 0.4) is 0 Å². The highest BCUT2D eigenvalue weighted by atomic mass is 32.2. The molecule has 4 heterocycles. The van der Waals surface area contributed by atoms with E-state index in [1.54, 1.807) is 23.1 Å². The van der Waals surface area contributed by atoms with Gasteiger partial charge in [0.1, 0.15) is 11.6 Å². The van der Waals surface area contributed by atoms with Gasteiger partial charge in [0.15, 0.2) is 11.4 Å². The number of nitrogens with zero attached hydrogens (tertiary/aromatic N) is 6. The van der Waals surface area contributed by atoms with E-state index in [1.165, 1.54) is 11.8 Å². The van der Waals surface area contributed by atoms with Crippen LogP contribution < -0.4 is 4.74 Å². The van der Waals surface area contributed by atoms with Crippen molar-refractivity contribution in [1.82, 2.24) is 29.9 Å². The lowest BCUT2D eigenvalue weighted by atomic mass is 10.1. The van der Waals surface area contributed by atoms with Gasteiger partial charge < -0.3 is 14.1 Å². The Morgan fingerprint density at radius 1 is 1.13 bits per heavy atom. The van der Waals surface area contributed by atoms with Crippen LogP contribution in [0.4, 0.5) is 0 Å². The molecular formula is C21H20N6O3S. The number of carbonyl (C=O) groups is 1. The first kappa shape index (κ1) is 19.6. The lowest BCUT2D eigenvalue weighted by Crippen LogP contribution is -2.42. The molecule has 0 aliphatic carbocycles. The van der Waals surface area contributed by atoms with Crippen molar-refractivity contribution >= 4 is 28.8 Å². The second-order valence-electron chi connectivity index (χ2n) is 7.11. The fourth-order valence-corrected chi connectivity index (χ4v) is 4.16. The molecule has 0 atom stereocenters. The lowest BCUT2D eigenvalue weighted by Gasteiger charge is -2.31. The number of amides is 1. The van der Waals surface area contributed by atoms with Crippen molar-refractivity contribution in [2.75, 3.05) is 18.8 Å². The predicted molar refractivity (Wildman–Crippen MR) is 114 cm³/mol. The number of piperidine rings is 1. The van der Waals surface area contributed by atoms with Gasteiger partial charge in [0.25, 0.3) is 5.22 Å². The number of hydrogen-bond donors (Lipinski definition) is 0. The van der Waals surface area contributed by atoms with Gasteiger partial charge in [0.2, 0.25) is 11.8 Å². The Kier molecular flexibility index (Phi) is 5.53. The van der Waals surface area contributed by atoms with Gasteiger partial charge >= 0.3 is 0 Å². The van der Waals surface area contributed by atoms with E-state index in [4.69, 9.17) is 9.15 Å². The molecule has 4 aromatic rings. The van der Waals surface area contributed by atoms with Crippen LogP contribution in [0.25, 0.3) is 16.9 Å². The minimum absolute atomic E-state index is 0.0126. The maximum absolute atomic E-state index is 12.6. The monoisotopic (exact) mass is 436 g/mol. The average Bonchev–Trinajstić information content (AvgIpc) is 3.48. The summed E-state index contributed by atoms with van der Waals surface area (Å²) in [7, 11) is 0. The van der Waals surface area contributed by atoms with Crippen LogP contribution >= 0.6 is 11.8 Å². The lowest BCUT2D eigenvalue weighted by molar-refractivity contribution is -0.130. The van der Waals surface area contributed by atoms with Gasteiger partial charge in [-0.1, -0.05) is 23.9 Å². The number of fused-ring (bicyclic) bond motifs is 1. The van der Waals surface area contributed by atoms with Crippen molar-refractivity contribution in [3.63, 3.8) is 0 Å². The van der Waals surface area contributed by atoms with Gasteiger partial charge in [0.05, 0.1) is 5.75 Å². The highest BCUT2D eigenvalue weighted by Gasteiger charge is 2.24. The van der Waals surface area contributed by atoms with Crippen LogP contribution in [0.2, 0.25) is 0 Å². The van der Waals surface area contributed by atoms with Crippen molar-refractivity contribution in [2.45, 2.75) is 24.2 Å². The fourth-order valence-electron chi connectivity index (χ4n) is 3.42. The number of likely N-dealkylation sites (tertiary alicyclic amines) is 1. The second kappa shape index (κ2) is 8.76. The molecule has 1 saturated heterocycles. The third-order valence-electron chi connectivity index (χ3n) is 5.04. The number of rotatable bonds is 6. The van der Waals surface area contributed by atoms with Gasteiger partial charge in [-0.15, -0.1) is 10.2 Å². The number of benzene rings is 1. The summed E-state index contributed by atoms with van der Waals surface area (Å²) in [5.41, 5.74) is 1.53. The van der Waals surface area contributed by atoms with E-state index in [2.05, 4.69) is 20.3 Å². The first-order chi connectivity index (χ1) is 15.2. The first-order valence-electron chi connectivity index (χ1n) is 10.0. The molecule has 5 rings (SSSR count). The molecule has 0 N–H and O–H groups in total. The Morgan fingerprint density at radius 2 is 2.00 bits per heavy atom. The number of aromatic nitrogens is 5. The van der Waals surface area contributed by atoms with Crippen LogP contribution in [0.15, 0.2) is 64.5 Å². The zero-order valence-electron chi connectivity index (χ0n) is 16.6. The van der Waals surface area contributed by atoms with E-state index in [0.717, 1.165) is 23.9 Å². The fraction of sp³-hybridized carbons (Fsp3) is 0.286. The molecule has 0 radical (unpaired) electrons. The summed E-state index contributed by atoms with van der Waals surface area (Å²) in [5, 5.41) is 12.9. The second-order valence-corrected chi connectivity index (χ2v) is 8.04. The quantitative estimate of drug-likeness (QED) is 0.426. The van der Waals surface area contributed by atoms with Gasteiger partial charge in [-0.3, -0.25) is 4.79 Å². The third-order valence-corrected chi connectivity index (χ3v) is 5.85. The molecule has 1 aromatic carbocycles. The Labute approximate surface area is 182 Å². The average molecular weight is 436 g/mol. The van der Waals surface area contributed by atoms with E-state index >= 15 is 0 Å². The number of para-hydroxylation sites is 2. The van der Waals surface area contributed by atoms with Crippen molar-refractivity contribution in [3.8, 4) is 11.7 Å². The van der Waals surface area contributed by atoms with Gasteiger partial charge in [-0.2, -0.15) is 5.10 Å². The van der Waals surface area contributed by atoms with E-state index < -0.39 is 0 Å². The summed E-state index contributed by atoms with van der Waals surface area (Å²) < 4.78 is 13.2. The molecule has 0 saturated carbocycles. The predicted octanol–water partition coefficient (Wildman–Crippen LogP) is 2.97. The number of ether oxygens (including phenoxy) is 1. The molecule has 1 aliphatic rings. The Morgan fingerprint density at radius 3 is 2.74 bits per heavy atom. The van der Waals surface area contributed by atoms with E-state index in [9.17, 15) is 4.79 Å². The van der Waals surface area contributed by atoms with Gasteiger partial charge in [-0.05, 0) is 24.3 Å². The van der Waals surface area contributed by atoms with Crippen molar-refractivity contribution in [1.29, 1.82) is 0 Å². The Hall–Kier alpha value is -3.40. The smallest absolute Gasteiger partial charge is 0.257 e. The number of carbonyl (C=O) groups excluding carboxylic acids is 1. The Bertz CT molecular complexity index is 1120. The van der Waals surface area contributed by atoms with Gasteiger partial charge in [-0.25, -0.2) is 9.67 Å². The minimum atomic E-state index is 0.0126. The normalized spacial score (nSPS) is 14.8. The molecule has 0 spiro atoms. The highest BCUT2D eigenvalue weighted by molar-refractivity contribution is 7.99. The minimum Gasteiger partial charge on any atom is -0.473 e. The van der Waals surface area contributed by atoms with Crippen LogP contribution in [-0.4, -0.2) is 60.7 Å². The molecule has 31 heavy (non-hydrogen) atoms. The van der Waals surface area contributed by atoms with E-state index in [0.29, 0.717) is 35.8 Å². The van der Waals surface area contributed by atoms with Crippen LogP contribution in [0.5, 0.6) is 5.88 Å². The molecule has 158 valence electrons. The molecule has 10 heteroatoms. The van der Waals surface area contributed by atoms with Crippen molar-refractivity contribution in [2.24, 2.45) is 0 Å². The largest absolute Gasteiger partial charge is 0.473 e. The Balaban J connectivity index is 1.09. The number of oxazole rings is 1. The molecular weight excluding hydrogens is 416 g/mol. The van der Waals surface area contributed by atoms with Crippen LogP contribution in [-0.2, 0) is 4.79 Å². The summed E-state index contributed by atoms with van der Waals surface area (Å²) in [6, 6.07) is 13.0. The molecule has 0 unspecified atom stereocenters. The van der Waals surface area contributed by atoms with Crippen LogP contribution in [0, 0.1) is 0 Å². The van der Waals surface area contributed by atoms with E-state index in [1.807, 2.05) is 41.3 Å². The summed E-state index contributed by atoms with van der Waals surface area (Å²) >= 11 is 1.33. The summed E-state index contributed by atoms with van der Waals surface area (Å²) in [4.78, 5) is 18.8. The zero-order chi connectivity index (χ0) is 21.0. The maximum Gasteiger partial charge on any atom is 0.257 e. The summed E-state index contributed by atoms with van der Waals surface area (Å²) in [6.45, 7) is 1.30. The molecule has 1 aliphatic heterocycles. The summed E-state index contributed by atoms with van der Waals surface area (Å²) in [5.74, 6) is 1.49. The maximum atomic E-state index is 12.6. The molecule has 1 amide bonds. The third kappa shape index (κ3) is 4.53. The zero-order valence-corrected chi connectivity index (χ0v) is 17.4. The molecule has 9 nitrogen and oxygen atoms in total. The first-order valence-corrected chi connectivity index (χ1v) is 11.0. The molecule has 3 aromatic heterocycles. The summed E-state index contributed by atoms with van der Waals surface area (Å²) in [6.07, 6.45) is 5.01. The number of thioether (sulfide) groups is 1. The van der Waals surface area contributed by atoms with E-state index in [-0.39, 0.29) is 12.0 Å². The SMILES string of the molecule is O=C(CSc1nc2ccccc2o1)N1CCC(Oc2ccc(-n3cccn3)nn2)CC1. The standard InChI is InChI=1S/C21H20N6O3S/c28-20(14-31-21-23-16-4-1-2-5-17(16)30-21)26-12-8-15(9-13-26)29-19-7-6-18(24-25-19)27-11-3-10-22-27/h1-7,10-11,15H,8-9,12-14H2. The van der Waals surface area contributed by atoms with Gasteiger partial charge in [0, 0.05) is 44.4 Å². The highest BCUT2D eigenvalue weighted by Crippen LogP contribution is 2.24. The van der Waals surface area contributed by atoms with Crippen molar-refractivity contribution < 1.29 is 13.9 Å². The van der Waals surface area contributed by atoms with Crippen LogP contribution in [0.1, 0.15) is 12.8 Å². The molecule has 1 fully saturated rings. The topological polar surface area (TPSA) is 99.2 Å². The number of hydrogen-bond acceptors (Lipinski definition) is 8. The molecule has 0 bridgehead atoms. The van der Waals surface area contributed by atoms with Crippen molar-refractivity contribution in [3.05, 3.63) is 54.9 Å².